The van der Waals surface area contributed by atoms with Gasteiger partial charge in [-0.25, -0.2) is 0 Å². The highest BCUT2D eigenvalue weighted by Crippen LogP contribution is 2.23. The lowest BCUT2D eigenvalue weighted by Crippen LogP contribution is -2.26. The van der Waals surface area contributed by atoms with Crippen LogP contribution in [-0.2, 0) is 6.54 Å². The maximum Gasteiger partial charge on any atom is 0.134 e. The Morgan fingerprint density at radius 1 is 1.38 bits per heavy atom. The number of hydrogen-bond acceptors (Lipinski definition) is 4. The van der Waals surface area contributed by atoms with E-state index in [1.165, 1.54) is 4.88 Å². The monoisotopic (exact) mass is 242 g/mol. The third kappa shape index (κ3) is 4.96. The first kappa shape index (κ1) is 13.5. The summed E-state index contributed by atoms with van der Waals surface area (Å²) in [7, 11) is 1.72. The van der Waals surface area contributed by atoms with E-state index in [1.54, 1.807) is 18.4 Å². The van der Waals surface area contributed by atoms with Crippen LogP contribution < -0.4 is 15.4 Å². The molecule has 92 valence electrons. The summed E-state index contributed by atoms with van der Waals surface area (Å²) in [6.45, 7) is 7.36. The van der Waals surface area contributed by atoms with Gasteiger partial charge in [-0.05, 0) is 31.0 Å². The fraction of sp³-hybridized carbons (Fsp3) is 0.667. The van der Waals surface area contributed by atoms with Crippen LogP contribution in [0, 0.1) is 0 Å². The van der Waals surface area contributed by atoms with E-state index in [0.717, 1.165) is 31.8 Å². The van der Waals surface area contributed by atoms with Crippen LogP contribution in [0.4, 0.5) is 0 Å². The quantitative estimate of drug-likeness (QED) is 0.686. The van der Waals surface area contributed by atoms with Crippen LogP contribution in [0.15, 0.2) is 11.4 Å². The molecule has 0 spiro atoms. The van der Waals surface area contributed by atoms with Gasteiger partial charge >= 0.3 is 0 Å². The van der Waals surface area contributed by atoms with Crippen molar-refractivity contribution in [2.24, 2.45) is 0 Å². The number of rotatable bonds is 8. The maximum absolute atomic E-state index is 5.25. The Bertz CT molecular complexity index is 286. The number of ether oxygens (including phenoxy) is 1. The second kappa shape index (κ2) is 7.65. The molecule has 1 heterocycles. The van der Waals surface area contributed by atoms with E-state index in [2.05, 4.69) is 29.9 Å². The normalized spacial score (nSPS) is 11.0. The molecule has 1 aromatic heterocycles. The zero-order valence-electron chi connectivity index (χ0n) is 10.4. The lowest BCUT2D eigenvalue weighted by molar-refractivity contribution is 0.410. The van der Waals surface area contributed by atoms with Gasteiger partial charge in [-0.15, -0.1) is 11.3 Å². The first-order valence-electron chi connectivity index (χ1n) is 5.78. The molecule has 0 aliphatic carbocycles. The van der Waals surface area contributed by atoms with Crippen LogP contribution in [-0.4, -0.2) is 26.2 Å². The minimum absolute atomic E-state index is 0.581. The van der Waals surface area contributed by atoms with Crippen LogP contribution in [0.3, 0.4) is 0 Å². The highest BCUT2D eigenvalue weighted by Gasteiger charge is 2.02. The van der Waals surface area contributed by atoms with Crippen molar-refractivity contribution in [2.45, 2.75) is 32.9 Å². The SMILES string of the molecule is COc1ccsc1CNCCCNC(C)C. The zero-order valence-corrected chi connectivity index (χ0v) is 11.2. The van der Waals surface area contributed by atoms with Gasteiger partial charge in [0.2, 0.25) is 0 Å². The molecule has 0 unspecified atom stereocenters. The van der Waals surface area contributed by atoms with E-state index < -0.39 is 0 Å². The maximum atomic E-state index is 5.25. The van der Waals surface area contributed by atoms with Crippen molar-refractivity contribution < 1.29 is 4.74 Å². The van der Waals surface area contributed by atoms with Crippen LogP contribution >= 0.6 is 11.3 Å². The Morgan fingerprint density at radius 3 is 2.88 bits per heavy atom. The molecule has 4 heteroatoms. The van der Waals surface area contributed by atoms with Gasteiger partial charge in [-0.3, -0.25) is 0 Å². The van der Waals surface area contributed by atoms with Gasteiger partial charge in [-0.1, -0.05) is 13.8 Å². The predicted molar refractivity (Wildman–Crippen MR) is 70.3 cm³/mol. The lowest BCUT2D eigenvalue weighted by Gasteiger charge is -2.08. The topological polar surface area (TPSA) is 33.3 Å². The molecule has 1 rings (SSSR count). The highest BCUT2D eigenvalue weighted by molar-refractivity contribution is 7.10. The number of nitrogens with one attached hydrogen (secondary N) is 2. The molecule has 0 radical (unpaired) electrons. The fourth-order valence-electron chi connectivity index (χ4n) is 1.45. The second-order valence-corrected chi connectivity index (χ2v) is 5.05. The van der Waals surface area contributed by atoms with Gasteiger partial charge < -0.3 is 15.4 Å². The van der Waals surface area contributed by atoms with E-state index in [-0.39, 0.29) is 0 Å². The Labute approximate surface area is 102 Å². The molecule has 0 aliphatic heterocycles. The highest BCUT2D eigenvalue weighted by atomic mass is 32.1. The first-order valence-corrected chi connectivity index (χ1v) is 6.66. The van der Waals surface area contributed by atoms with Crippen LogP contribution in [0.5, 0.6) is 5.75 Å². The predicted octanol–water partition coefficient (Wildman–Crippen LogP) is 2.23. The van der Waals surface area contributed by atoms with Crippen molar-refractivity contribution >= 4 is 11.3 Å². The van der Waals surface area contributed by atoms with Gasteiger partial charge in [0.25, 0.3) is 0 Å². The molecule has 0 aromatic carbocycles. The zero-order chi connectivity index (χ0) is 11.8. The molecule has 0 saturated heterocycles. The summed E-state index contributed by atoms with van der Waals surface area (Å²) in [5.41, 5.74) is 0. The molecule has 16 heavy (non-hydrogen) atoms. The average Bonchev–Trinajstić information content (AvgIpc) is 2.70. The molecule has 1 aromatic rings. The Balaban J connectivity index is 2.07. The molecule has 0 aliphatic rings. The van der Waals surface area contributed by atoms with Crippen molar-refractivity contribution in [3.63, 3.8) is 0 Å². The molecule has 3 nitrogen and oxygen atoms in total. The Hall–Kier alpha value is -0.580. The molecule has 0 amide bonds. The van der Waals surface area contributed by atoms with E-state index in [9.17, 15) is 0 Å². The summed E-state index contributed by atoms with van der Waals surface area (Å²) in [5, 5.41) is 8.89. The van der Waals surface area contributed by atoms with Gasteiger partial charge in [0, 0.05) is 12.6 Å². The number of methoxy groups -OCH3 is 1. The summed E-state index contributed by atoms with van der Waals surface area (Å²) in [4.78, 5) is 1.28. The molecule has 0 bridgehead atoms. The second-order valence-electron chi connectivity index (χ2n) is 4.05. The molecule has 0 saturated carbocycles. The van der Waals surface area contributed by atoms with E-state index >= 15 is 0 Å². The van der Waals surface area contributed by atoms with Gasteiger partial charge in [0.1, 0.15) is 5.75 Å². The third-order valence-corrected chi connectivity index (χ3v) is 3.20. The van der Waals surface area contributed by atoms with Crippen molar-refractivity contribution in [1.29, 1.82) is 0 Å². The van der Waals surface area contributed by atoms with E-state index in [0.29, 0.717) is 6.04 Å². The summed E-state index contributed by atoms with van der Waals surface area (Å²) in [5.74, 6) is 0.998. The molecule has 0 fully saturated rings. The van der Waals surface area contributed by atoms with Crippen molar-refractivity contribution in [3.05, 3.63) is 16.3 Å². The van der Waals surface area contributed by atoms with Crippen LogP contribution in [0.2, 0.25) is 0 Å². The van der Waals surface area contributed by atoms with Crippen LogP contribution in [0.1, 0.15) is 25.1 Å². The van der Waals surface area contributed by atoms with Gasteiger partial charge in [0.05, 0.1) is 12.0 Å². The average molecular weight is 242 g/mol. The van der Waals surface area contributed by atoms with Crippen molar-refractivity contribution in [2.75, 3.05) is 20.2 Å². The lowest BCUT2D eigenvalue weighted by atomic mass is 10.3. The van der Waals surface area contributed by atoms with E-state index in [1.807, 2.05) is 6.07 Å². The minimum atomic E-state index is 0.581. The number of hydrogen-bond donors (Lipinski definition) is 2. The molecule has 0 atom stereocenters. The first-order chi connectivity index (χ1) is 7.74. The van der Waals surface area contributed by atoms with Crippen LogP contribution in [0.25, 0.3) is 0 Å². The molecular formula is C12H22N2OS. The van der Waals surface area contributed by atoms with Gasteiger partial charge in [0.15, 0.2) is 0 Å². The summed E-state index contributed by atoms with van der Waals surface area (Å²) >= 11 is 1.74. The standard InChI is InChI=1S/C12H22N2OS/c1-10(2)14-7-4-6-13-9-12-11(15-3)5-8-16-12/h5,8,10,13-14H,4,6-7,9H2,1-3H3. The van der Waals surface area contributed by atoms with Crippen molar-refractivity contribution in [3.8, 4) is 5.75 Å². The van der Waals surface area contributed by atoms with Gasteiger partial charge in [-0.2, -0.15) is 0 Å². The Kier molecular flexibility index (Phi) is 6.45. The minimum Gasteiger partial charge on any atom is -0.496 e. The smallest absolute Gasteiger partial charge is 0.134 e. The summed E-state index contributed by atoms with van der Waals surface area (Å²) in [6.07, 6.45) is 1.16. The largest absolute Gasteiger partial charge is 0.496 e. The third-order valence-electron chi connectivity index (χ3n) is 2.29. The fourth-order valence-corrected chi connectivity index (χ4v) is 2.25. The summed E-state index contributed by atoms with van der Waals surface area (Å²) in [6, 6.07) is 2.60. The Morgan fingerprint density at radius 2 is 2.19 bits per heavy atom. The summed E-state index contributed by atoms with van der Waals surface area (Å²) < 4.78 is 5.25. The molecular weight excluding hydrogens is 220 g/mol. The van der Waals surface area contributed by atoms with E-state index in [4.69, 9.17) is 4.74 Å². The number of thiophene rings is 1. The van der Waals surface area contributed by atoms with Crippen molar-refractivity contribution in [1.82, 2.24) is 10.6 Å². The molecule has 2 N–H and O–H groups in total.